The predicted molar refractivity (Wildman–Crippen MR) is 90.5 cm³/mol. The quantitative estimate of drug-likeness (QED) is 0.882. The van der Waals surface area contributed by atoms with Crippen LogP contribution in [-0.4, -0.2) is 25.0 Å². The van der Waals surface area contributed by atoms with Crippen molar-refractivity contribution < 1.29 is 9.69 Å². The summed E-state index contributed by atoms with van der Waals surface area (Å²) in [5, 5.41) is 3.71. The summed E-state index contributed by atoms with van der Waals surface area (Å²) < 4.78 is 0. The Morgan fingerprint density at radius 3 is 2.91 bits per heavy atom. The molecule has 120 valence electrons. The van der Waals surface area contributed by atoms with Gasteiger partial charge in [0, 0.05) is 16.6 Å². The van der Waals surface area contributed by atoms with Crippen molar-refractivity contribution >= 4 is 23.2 Å². The Balaban J connectivity index is 1.62. The molecule has 1 saturated carbocycles. The van der Waals surface area contributed by atoms with Crippen molar-refractivity contribution in [3.05, 3.63) is 28.8 Å². The Bertz CT molecular complexity index is 544. The Labute approximate surface area is 138 Å². The van der Waals surface area contributed by atoms with E-state index in [0.29, 0.717) is 17.6 Å². The van der Waals surface area contributed by atoms with Gasteiger partial charge in [0.05, 0.1) is 12.6 Å². The zero-order valence-corrected chi connectivity index (χ0v) is 14.1. The molecule has 1 heterocycles. The molecule has 0 spiro atoms. The average molecular weight is 322 g/mol. The summed E-state index contributed by atoms with van der Waals surface area (Å²) in [6.45, 7) is 3.73. The Kier molecular flexibility index (Phi) is 5.04. The first-order valence-electron chi connectivity index (χ1n) is 8.54. The number of aryl methyl sites for hydroxylation is 1. The molecule has 3 atom stereocenters. The molecular formula is C18H26ClN2O+. The van der Waals surface area contributed by atoms with Gasteiger partial charge < -0.3 is 10.2 Å². The molecule has 1 aliphatic heterocycles. The third-order valence-corrected chi connectivity index (χ3v) is 5.60. The number of nitrogens with one attached hydrogen (secondary N) is 2. The summed E-state index contributed by atoms with van der Waals surface area (Å²) in [7, 11) is 0. The second-order valence-corrected chi connectivity index (χ2v) is 7.32. The highest BCUT2D eigenvalue weighted by Crippen LogP contribution is 2.28. The highest BCUT2D eigenvalue weighted by atomic mass is 35.5. The highest BCUT2D eigenvalue weighted by molar-refractivity contribution is 6.31. The molecule has 2 fully saturated rings. The number of amides is 1. The zero-order valence-electron chi connectivity index (χ0n) is 13.3. The Hall–Kier alpha value is -1.06. The van der Waals surface area contributed by atoms with E-state index in [-0.39, 0.29) is 5.91 Å². The lowest BCUT2D eigenvalue weighted by atomic mass is 9.78. The summed E-state index contributed by atoms with van der Waals surface area (Å²) in [6, 6.07) is 6.34. The van der Waals surface area contributed by atoms with Crippen molar-refractivity contribution in [2.45, 2.75) is 51.5 Å². The minimum Gasteiger partial charge on any atom is -0.324 e. The predicted octanol–water partition coefficient (Wildman–Crippen LogP) is 2.82. The highest BCUT2D eigenvalue weighted by Gasteiger charge is 2.37. The monoisotopic (exact) mass is 321 g/mol. The molecular weight excluding hydrogens is 296 g/mol. The summed E-state index contributed by atoms with van der Waals surface area (Å²) in [5.74, 6) is 0.963. The molecule has 1 aromatic rings. The fourth-order valence-electron chi connectivity index (χ4n) is 4.22. The van der Waals surface area contributed by atoms with Crippen LogP contribution in [0.4, 0.5) is 5.69 Å². The van der Waals surface area contributed by atoms with E-state index in [1.54, 1.807) is 0 Å². The second-order valence-electron chi connectivity index (χ2n) is 6.89. The molecule has 3 rings (SSSR count). The van der Waals surface area contributed by atoms with Crippen LogP contribution in [0.25, 0.3) is 0 Å². The number of fused-ring (bicyclic) bond motifs is 1. The molecule has 2 N–H and O–H groups in total. The third kappa shape index (κ3) is 3.64. The van der Waals surface area contributed by atoms with Crippen LogP contribution in [0.5, 0.6) is 0 Å². The molecule has 22 heavy (non-hydrogen) atoms. The van der Waals surface area contributed by atoms with E-state index in [0.717, 1.165) is 23.7 Å². The van der Waals surface area contributed by atoms with Gasteiger partial charge in [-0.05, 0) is 56.7 Å². The van der Waals surface area contributed by atoms with E-state index >= 15 is 0 Å². The number of carbonyl (C=O) groups is 1. The van der Waals surface area contributed by atoms with Gasteiger partial charge in [-0.25, -0.2) is 0 Å². The van der Waals surface area contributed by atoms with Gasteiger partial charge in [-0.3, -0.25) is 4.79 Å². The molecule has 0 bridgehead atoms. The molecule has 0 radical (unpaired) electrons. The Morgan fingerprint density at radius 1 is 1.27 bits per heavy atom. The van der Waals surface area contributed by atoms with Gasteiger partial charge in [-0.1, -0.05) is 24.1 Å². The molecule has 1 aromatic carbocycles. The third-order valence-electron chi connectivity index (χ3n) is 5.37. The molecule has 3 nitrogen and oxygen atoms in total. The standard InChI is InChI=1S/C18H25ClN2O/c1-13-8-9-15(19)11-16(13)20-18(22)12-21-10-4-6-14-5-2-3-7-17(14)21/h8-9,11,14,17H,2-7,10,12H2,1H3,(H,20,22)/p+1/t14-,17+/m1/s1. The number of anilines is 1. The van der Waals surface area contributed by atoms with Crippen molar-refractivity contribution in [1.82, 2.24) is 0 Å². The van der Waals surface area contributed by atoms with Crippen LogP contribution in [0.1, 0.15) is 44.1 Å². The molecule has 2 aliphatic rings. The maximum atomic E-state index is 12.4. The van der Waals surface area contributed by atoms with Crippen LogP contribution in [0.3, 0.4) is 0 Å². The zero-order chi connectivity index (χ0) is 15.5. The molecule has 1 saturated heterocycles. The number of quaternary nitrogens is 1. The lowest BCUT2D eigenvalue weighted by Crippen LogP contribution is -3.18. The molecule has 1 amide bonds. The number of carbonyl (C=O) groups excluding carboxylic acids is 1. The van der Waals surface area contributed by atoms with Crippen LogP contribution in [-0.2, 0) is 4.79 Å². The fraction of sp³-hybridized carbons (Fsp3) is 0.611. The van der Waals surface area contributed by atoms with Gasteiger partial charge in [0.1, 0.15) is 0 Å². The van der Waals surface area contributed by atoms with Crippen molar-refractivity contribution in [2.24, 2.45) is 5.92 Å². The summed E-state index contributed by atoms with van der Waals surface area (Å²) >= 11 is 6.03. The molecule has 4 heteroatoms. The number of rotatable bonds is 3. The summed E-state index contributed by atoms with van der Waals surface area (Å²) in [5.41, 5.74) is 1.90. The van der Waals surface area contributed by atoms with Gasteiger partial charge in [-0.2, -0.15) is 0 Å². The molecule has 1 aliphatic carbocycles. The van der Waals surface area contributed by atoms with Crippen molar-refractivity contribution in [3.63, 3.8) is 0 Å². The van der Waals surface area contributed by atoms with E-state index in [1.165, 1.54) is 43.4 Å². The van der Waals surface area contributed by atoms with Gasteiger partial charge in [0.15, 0.2) is 6.54 Å². The normalized spacial score (nSPS) is 28.0. The molecule has 1 unspecified atom stereocenters. The average Bonchev–Trinajstić information content (AvgIpc) is 2.51. The van der Waals surface area contributed by atoms with Crippen LogP contribution in [0.15, 0.2) is 18.2 Å². The van der Waals surface area contributed by atoms with Gasteiger partial charge in [-0.15, -0.1) is 0 Å². The van der Waals surface area contributed by atoms with Gasteiger partial charge >= 0.3 is 0 Å². The smallest absolute Gasteiger partial charge is 0.279 e. The molecule has 0 aromatic heterocycles. The number of likely N-dealkylation sites (tertiary alicyclic amines) is 1. The number of benzene rings is 1. The van der Waals surface area contributed by atoms with E-state index in [9.17, 15) is 4.79 Å². The summed E-state index contributed by atoms with van der Waals surface area (Å²) in [4.78, 5) is 13.9. The first kappa shape index (κ1) is 15.8. The largest absolute Gasteiger partial charge is 0.324 e. The van der Waals surface area contributed by atoms with E-state index in [4.69, 9.17) is 11.6 Å². The second kappa shape index (κ2) is 7.01. The van der Waals surface area contributed by atoms with Crippen LogP contribution >= 0.6 is 11.6 Å². The maximum absolute atomic E-state index is 12.4. The lowest BCUT2D eigenvalue weighted by molar-refractivity contribution is -0.928. The van der Waals surface area contributed by atoms with E-state index in [1.807, 2.05) is 25.1 Å². The summed E-state index contributed by atoms with van der Waals surface area (Å²) in [6.07, 6.45) is 8.00. The number of hydrogen-bond donors (Lipinski definition) is 2. The Morgan fingerprint density at radius 2 is 2.05 bits per heavy atom. The van der Waals surface area contributed by atoms with Crippen molar-refractivity contribution in [2.75, 3.05) is 18.4 Å². The van der Waals surface area contributed by atoms with Gasteiger partial charge in [0.25, 0.3) is 5.91 Å². The number of piperidine rings is 1. The first-order valence-corrected chi connectivity index (χ1v) is 8.92. The van der Waals surface area contributed by atoms with Gasteiger partial charge in [0.2, 0.25) is 0 Å². The maximum Gasteiger partial charge on any atom is 0.279 e. The lowest BCUT2D eigenvalue weighted by Gasteiger charge is -2.40. The topological polar surface area (TPSA) is 33.5 Å². The minimum absolute atomic E-state index is 0.117. The van der Waals surface area contributed by atoms with E-state index in [2.05, 4.69) is 5.32 Å². The number of hydrogen-bond acceptors (Lipinski definition) is 1. The van der Waals surface area contributed by atoms with Crippen molar-refractivity contribution in [1.29, 1.82) is 0 Å². The minimum atomic E-state index is 0.117. The number of halogens is 1. The van der Waals surface area contributed by atoms with Crippen molar-refractivity contribution in [3.8, 4) is 0 Å². The first-order chi connectivity index (χ1) is 10.6. The van der Waals surface area contributed by atoms with Crippen LogP contribution < -0.4 is 10.2 Å². The van der Waals surface area contributed by atoms with Crippen LogP contribution in [0, 0.1) is 12.8 Å². The fourth-order valence-corrected chi connectivity index (χ4v) is 4.39. The van der Waals surface area contributed by atoms with Crippen LogP contribution in [0.2, 0.25) is 5.02 Å². The van der Waals surface area contributed by atoms with E-state index < -0.39 is 0 Å². The SMILES string of the molecule is Cc1ccc(Cl)cc1NC(=O)C[NH+]1CCC[C@H]2CCCC[C@@H]21.